The van der Waals surface area contributed by atoms with Gasteiger partial charge in [0.25, 0.3) is 0 Å². The van der Waals surface area contributed by atoms with Crippen molar-refractivity contribution < 1.29 is 4.21 Å². The van der Waals surface area contributed by atoms with Crippen LogP contribution in [-0.4, -0.2) is 8.92 Å². The molecule has 0 aliphatic rings. The van der Waals surface area contributed by atoms with Crippen LogP contribution >= 0.6 is 22.3 Å². The number of alkyl halides is 1. The van der Waals surface area contributed by atoms with Crippen molar-refractivity contribution in [3.05, 3.63) is 0 Å². The van der Waals surface area contributed by atoms with E-state index >= 15 is 0 Å². The van der Waals surface area contributed by atoms with Crippen LogP contribution in [0.15, 0.2) is 0 Å². The number of hydrogen-bond donors (Lipinski definition) is 0. The zero-order valence-electron chi connectivity index (χ0n) is 3.15. The molecule has 0 aromatic rings. The average Bonchev–Trinajstić information content (AvgIpc) is 1.36. The molecule has 0 aromatic carbocycles. The molecule has 0 bridgehead atoms. The van der Waals surface area contributed by atoms with Gasteiger partial charge in [0.15, 0.2) is 0 Å². The summed E-state index contributed by atoms with van der Waals surface area (Å²) in [6, 6.07) is 0. The molecule has 2 unspecified atom stereocenters. The first-order valence-electron chi connectivity index (χ1n) is 1.35. The van der Waals surface area contributed by atoms with Gasteiger partial charge in [0.1, 0.15) is 14.7 Å². The topological polar surface area (TPSA) is 17.1 Å². The zero-order valence-corrected chi connectivity index (χ0v) is 5.48. The van der Waals surface area contributed by atoms with Crippen LogP contribution in [0.2, 0.25) is 0 Å². The Kier molecular flexibility index (Phi) is 3.17. The summed E-state index contributed by atoms with van der Waals surface area (Å²) >= 11 is 5.18. The van der Waals surface area contributed by atoms with Gasteiger partial charge >= 0.3 is 0 Å². The molecule has 0 radical (unpaired) electrons. The SMILES string of the molecule is CC(Cl)S(=O)Cl. The molecule has 0 aromatic heterocycles. The van der Waals surface area contributed by atoms with Crippen molar-refractivity contribution in [3.8, 4) is 0 Å². The number of rotatable bonds is 1. The third kappa shape index (κ3) is 2.94. The Morgan fingerprint density at radius 1 is 1.83 bits per heavy atom. The smallest absolute Gasteiger partial charge is 0.132 e. The highest BCUT2D eigenvalue weighted by atomic mass is 35.7. The molecule has 1 nitrogen and oxygen atoms in total. The first kappa shape index (κ1) is 6.73. The summed E-state index contributed by atoms with van der Waals surface area (Å²) in [5.74, 6) is 0. The van der Waals surface area contributed by atoms with Crippen molar-refractivity contribution >= 4 is 32.3 Å². The van der Waals surface area contributed by atoms with Crippen molar-refractivity contribution in [2.24, 2.45) is 0 Å². The first-order valence-corrected chi connectivity index (χ1v) is 3.83. The lowest BCUT2D eigenvalue weighted by Gasteiger charge is -1.86. The standard InChI is InChI=1S/C2H4Cl2OS/c1-2(3)6(4)5/h2H,1H3. The van der Waals surface area contributed by atoms with Crippen LogP contribution < -0.4 is 0 Å². The zero-order chi connectivity index (χ0) is 5.15. The molecule has 38 valence electrons. The molecule has 0 N–H and O–H groups in total. The first-order chi connectivity index (χ1) is 2.64. The molecular formula is C2H4Cl2OS. The van der Waals surface area contributed by atoms with Gasteiger partial charge in [-0.2, -0.15) is 0 Å². The fraction of sp³-hybridized carbons (Fsp3) is 1.00. The van der Waals surface area contributed by atoms with Gasteiger partial charge in [0.05, 0.1) is 0 Å². The van der Waals surface area contributed by atoms with E-state index in [-0.39, 0.29) is 0 Å². The molecule has 0 saturated heterocycles. The fourth-order valence-corrected chi connectivity index (χ4v) is 0. The molecule has 0 fully saturated rings. The van der Waals surface area contributed by atoms with E-state index in [4.69, 9.17) is 22.3 Å². The summed E-state index contributed by atoms with van der Waals surface area (Å²) in [5.41, 5.74) is 0. The maximum Gasteiger partial charge on any atom is 0.132 e. The van der Waals surface area contributed by atoms with Crippen molar-refractivity contribution in [1.82, 2.24) is 0 Å². The van der Waals surface area contributed by atoms with E-state index in [2.05, 4.69) is 0 Å². The molecule has 4 heteroatoms. The van der Waals surface area contributed by atoms with E-state index in [1.165, 1.54) is 0 Å². The van der Waals surface area contributed by atoms with Crippen LogP contribution in [0.25, 0.3) is 0 Å². The average molecular weight is 147 g/mol. The Hall–Kier alpha value is 0.730. The molecule has 2 atom stereocenters. The van der Waals surface area contributed by atoms with Crippen LogP contribution in [0, 0.1) is 0 Å². The van der Waals surface area contributed by atoms with Crippen molar-refractivity contribution in [3.63, 3.8) is 0 Å². The second-order valence-corrected chi connectivity index (χ2v) is 3.82. The molecule has 0 amide bonds. The minimum absolute atomic E-state index is 0.438. The summed E-state index contributed by atoms with van der Waals surface area (Å²) in [5, 5.41) is 0. The summed E-state index contributed by atoms with van der Waals surface area (Å²) in [4.78, 5) is 0. The van der Waals surface area contributed by atoms with E-state index in [1.54, 1.807) is 6.92 Å². The van der Waals surface area contributed by atoms with E-state index in [0.717, 1.165) is 0 Å². The lowest BCUT2D eigenvalue weighted by Crippen LogP contribution is -1.91. The molecule has 0 spiro atoms. The lowest BCUT2D eigenvalue weighted by molar-refractivity contribution is 0.690. The van der Waals surface area contributed by atoms with Crippen LogP contribution in [0.3, 0.4) is 0 Å². The van der Waals surface area contributed by atoms with Gasteiger partial charge < -0.3 is 0 Å². The predicted molar refractivity (Wildman–Crippen MR) is 29.3 cm³/mol. The van der Waals surface area contributed by atoms with E-state index in [1.807, 2.05) is 0 Å². The number of hydrogen-bond acceptors (Lipinski definition) is 1. The van der Waals surface area contributed by atoms with Gasteiger partial charge in [-0.3, -0.25) is 0 Å². The van der Waals surface area contributed by atoms with Crippen LogP contribution in [-0.2, 0) is 10.0 Å². The van der Waals surface area contributed by atoms with E-state index < -0.39 is 14.7 Å². The Balaban J connectivity index is 3.26. The van der Waals surface area contributed by atoms with Crippen LogP contribution in [0.5, 0.6) is 0 Å². The maximum absolute atomic E-state index is 9.89. The summed E-state index contributed by atoms with van der Waals surface area (Å²) in [6.45, 7) is 1.57. The van der Waals surface area contributed by atoms with Gasteiger partial charge in [-0.25, -0.2) is 4.21 Å². The van der Waals surface area contributed by atoms with Gasteiger partial charge in [-0.1, -0.05) is 0 Å². The van der Waals surface area contributed by atoms with Crippen molar-refractivity contribution in [2.45, 2.75) is 11.6 Å². The molecule has 6 heavy (non-hydrogen) atoms. The molecule has 0 saturated carbocycles. The highest BCUT2D eigenvalue weighted by molar-refractivity contribution is 8.09. The second-order valence-electron chi connectivity index (χ2n) is 0.791. The minimum atomic E-state index is -1.38. The highest BCUT2D eigenvalue weighted by Crippen LogP contribution is 2.02. The Bertz CT molecular complexity index is 62.6. The van der Waals surface area contributed by atoms with Gasteiger partial charge in [-0.15, -0.1) is 11.6 Å². The highest BCUT2D eigenvalue weighted by Gasteiger charge is 1.99. The van der Waals surface area contributed by atoms with Crippen LogP contribution in [0.4, 0.5) is 0 Å². The lowest BCUT2D eigenvalue weighted by atomic mass is 11.0. The molecule has 0 heterocycles. The number of halogens is 2. The Morgan fingerprint density at radius 3 is 2.00 bits per heavy atom. The fourth-order valence-electron chi connectivity index (χ4n) is 0. The minimum Gasteiger partial charge on any atom is -0.241 e. The van der Waals surface area contributed by atoms with Gasteiger partial charge in [0.2, 0.25) is 0 Å². The third-order valence-corrected chi connectivity index (χ3v) is 2.33. The Morgan fingerprint density at radius 2 is 2.00 bits per heavy atom. The summed E-state index contributed by atoms with van der Waals surface area (Å²) < 4.78 is 9.45. The molecular weight excluding hydrogens is 143 g/mol. The predicted octanol–water partition coefficient (Wildman–Crippen LogP) is 1.47. The second kappa shape index (κ2) is 2.83. The normalized spacial score (nSPS) is 19.8. The van der Waals surface area contributed by atoms with Crippen LogP contribution in [0.1, 0.15) is 6.92 Å². The van der Waals surface area contributed by atoms with E-state index in [0.29, 0.717) is 0 Å². The van der Waals surface area contributed by atoms with Gasteiger partial charge in [0, 0.05) is 0 Å². The maximum atomic E-state index is 9.89. The monoisotopic (exact) mass is 146 g/mol. The summed E-state index contributed by atoms with van der Waals surface area (Å²) in [7, 11) is 3.57. The Labute approximate surface area is 48.6 Å². The molecule has 0 aliphatic carbocycles. The molecule has 0 rings (SSSR count). The van der Waals surface area contributed by atoms with Crippen molar-refractivity contribution in [1.29, 1.82) is 0 Å². The summed E-state index contributed by atoms with van der Waals surface area (Å²) in [6.07, 6.45) is 0. The molecule has 0 aliphatic heterocycles. The quantitative estimate of drug-likeness (QED) is 0.405. The van der Waals surface area contributed by atoms with E-state index in [9.17, 15) is 4.21 Å². The van der Waals surface area contributed by atoms with Crippen molar-refractivity contribution in [2.75, 3.05) is 0 Å². The third-order valence-electron chi connectivity index (χ3n) is 0.255. The largest absolute Gasteiger partial charge is 0.241 e. The van der Waals surface area contributed by atoms with Gasteiger partial charge in [-0.05, 0) is 17.6 Å².